The highest BCUT2D eigenvalue weighted by atomic mass is 127. The van der Waals surface area contributed by atoms with Crippen LogP contribution in [0, 0.1) is 5.41 Å². The maximum atomic E-state index is 12.7. The number of carbonyl (C=O) groups excluding carboxylic acids is 1. The number of alkyl halides is 2. The minimum atomic E-state index is -2.96. The van der Waals surface area contributed by atoms with Crippen molar-refractivity contribution in [2.45, 2.75) is 33.9 Å². The second-order valence-corrected chi connectivity index (χ2v) is 7.05. The molecule has 0 spiro atoms. The number of nitrogens with one attached hydrogen (secondary N) is 3. The molecule has 0 unspecified atom stereocenters. The number of amides is 1. The van der Waals surface area contributed by atoms with Gasteiger partial charge in [0.1, 0.15) is 5.75 Å². The van der Waals surface area contributed by atoms with Gasteiger partial charge in [0.25, 0.3) is 0 Å². The second kappa shape index (κ2) is 11.2. The Balaban J connectivity index is 0.00000420. The number of carbonyl (C=O) groups is 1. The second-order valence-electron chi connectivity index (χ2n) is 7.05. The van der Waals surface area contributed by atoms with Crippen LogP contribution in [0.4, 0.5) is 8.78 Å². The van der Waals surface area contributed by atoms with Gasteiger partial charge in [0.2, 0.25) is 12.7 Å². The highest BCUT2D eigenvalue weighted by Crippen LogP contribution is 2.38. The van der Waals surface area contributed by atoms with Gasteiger partial charge < -0.3 is 30.2 Å². The molecule has 0 fully saturated rings. The van der Waals surface area contributed by atoms with Crippen LogP contribution in [-0.2, 0) is 11.3 Å². The van der Waals surface area contributed by atoms with Gasteiger partial charge in [-0.2, -0.15) is 8.78 Å². The van der Waals surface area contributed by atoms with Gasteiger partial charge in [-0.25, -0.2) is 0 Å². The molecule has 0 saturated heterocycles. The lowest BCUT2D eigenvalue weighted by molar-refractivity contribution is -0.128. The van der Waals surface area contributed by atoms with E-state index in [0.717, 1.165) is 0 Å². The molecule has 8 nitrogen and oxygen atoms in total. The fourth-order valence-electron chi connectivity index (χ4n) is 2.33. The minimum absolute atomic E-state index is 0. The van der Waals surface area contributed by atoms with Gasteiger partial charge >= 0.3 is 6.61 Å². The first-order valence-electron chi connectivity index (χ1n) is 8.81. The van der Waals surface area contributed by atoms with E-state index in [1.54, 1.807) is 13.1 Å². The molecular weight excluding hydrogens is 501 g/mol. The molecule has 1 amide bonds. The van der Waals surface area contributed by atoms with Crippen LogP contribution in [-0.4, -0.2) is 45.4 Å². The van der Waals surface area contributed by atoms with Crippen LogP contribution in [0.25, 0.3) is 0 Å². The molecule has 1 aliphatic rings. The Kier molecular flexibility index (Phi) is 9.66. The number of benzene rings is 1. The summed E-state index contributed by atoms with van der Waals surface area (Å²) in [5.74, 6) is 1.22. The molecular formula is C18H27F2IN4O4. The predicted octanol–water partition coefficient (Wildman–Crippen LogP) is 2.46. The van der Waals surface area contributed by atoms with Crippen molar-refractivity contribution in [3.8, 4) is 17.2 Å². The molecule has 1 heterocycles. The van der Waals surface area contributed by atoms with E-state index < -0.39 is 12.0 Å². The number of rotatable bonds is 7. The van der Waals surface area contributed by atoms with Crippen molar-refractivity contribution in [1.82, 2.24) is 16.0 Å². The average molecular weight is 528 g/mol. The van der Waals surface area contributed by atoms with Crippen molar-refractivity contribution in [2.75, 3.05) is 26.9 Å². The monoisotopic (exact) mass is 528 g/mol. The molecule has 29 heavy (non-hydrogen) atoms. The number of hydrogen-bond donors (Lipinski definition) is 3. The molecule has 0 atom stereocenters. The van der Waals surface area contributed by atoms with Gasteiger partial charge in [-0.1, -0.05) is 20.8 Å². The van der Waals surface area contributed by atoms with Crippen LogP contribution in [0.2, 0.25) is 0 Å². The first-order valence-corrected chi connectivity index (χ1v) is 8.81. The highest BCUT2D eigenvalue weighted by molar-refractivity contribution is 14.0. The Morgan fingerprint density at radius 2 is 1.79 bits per heavy atom. The van der Waals surface area contributed by atoms with E-state index in [4.69, 9.17) is 9.47 Å². The SMILES string of the molecule is CN=C(NCCNC(=O)C(C)(C)C)NCc1cc2c(cc1OC(F)F)OCO2.I. The lowest BCUT2D eigenvalue weighted by Gasteiger charge is -2.18. The Morgan fingerprint density at radius 3 is 2.38 bits per heavy atom. The molecule has 3 N–H and O–H groups in total. The van der Waals surface area contributed by atoms with Gasteiger partial charge in [0.05, 0.1) is 0 Å². The molecule has 11 heteroatoms. The Hall–Kier alpha value is -2.05. The van der Waals surface area contributed by atoms with Crippen LogP contribution in [0.3, 0.4) is 0 Å². The minimum Gasteiger partial charge on any atom is -0.454 e. The quantitative estimate of drug-likeness (QED) is 0.218. The molecule has 0 aromatic heterocycles. The number of aliphatic imine (C=N–C) groups is 1. The lowest BCUT2D eigenvalue weighted by Crippen LogP contribution is -2.43. The first-order chi connectivity index (χ1) is 13.2. The van der Waals surface area contributed by atoms with Gasteiger partial charge in [-0.3, -0.25) is 9.79 Å². The van der Waals surface area contributed by atoms with E-state index in [9.17, 15) is 13.6 Å². The molecule has 0 radical (unpaired) electrons. The molecule has 1 aliphatic heterocycles. The van der Waals surface area contributed by atoms with Gasteiger partial charge in [0, 0.05) is 43.7 Å². The van der Waals surface area contributed by atoms with Crippen molar-refractivity contribution in [3.63, 3.8) is 0 Å². The summed E-state index contributed by atoms with van der Waals surface area (Å²) >= 11 is 0. The number of hydrogen-bond acceptors (Lipinski definition) is 5. The summed E-state index contributed by atoms with van der Waals surface area (Å²) in [6, 6.07) is 2.97. The van der Waals surface area contributed by atoms with Gasteiger partial charge in [-0.05, 0) is 6.07 Å². The number of fused-ring (bicyclic) bond motifs is 1. The van der Waals surface area contributed by atoms with E-state index in [1.807, 2.05) is 20.8 Å². The summed E-state index contributed by atoms with van der Waals surface area (Å²) < 4.78 is 40.4. The largest absolute Gasteiger partial charge is 0.454 e. The Morgan fingerprint density at radius 1 is 1.17 bits per heavy atom. The van der Waals surface area contributed by atoms with E-state index in [2.05, 4.69) is 25.7 Å². The number of ether oxygens (including phenoxy) is 3. The van der Waals surface area contributed by atoms with E-state index in [-0.39, 0.29) is 49.0 Å². The Bertz CT molecular complexity index is 727. The van der Waals surface area contributed by atoms with Gasteiger partial charge in [-0.15, -0.1) is 24.0 Å². The zero-order valence-corrected chi connectivity index (χ0v) is 19.1. The summed E-state index contributed by atoms with van der Waals surface area (Å²) in [7, 11) is 1.58. The lowest BCUT2D eigenvalue weighted by atomic mass is 9.96. The van der Waals surface area contributed by atoms with Crippen LogP contribution >= 0.6 is 24.0 Å². The number of halogens is 3. The molecule has 0 bridgehead atoms. The smallest absolute Gasteiger partial charge is 0.387 e. The molecule has 2 rings (SSSR count). The normalized spacial score (nSPS) is 13.0. The molecule has 164 valence electrons. The summed E-state index contributed by atoms with van der Waals surface area (Å²) in [5.41, 5.74) is 0.00828. The predicted molar refractivity (Wildman–Crippen MR) is 115 cm³/mol. The summed E-state index contributed by atoms with van der Waals surface area (Å²) in [6.45, 7) is 3.62. The summed E-state index contributed by atoms with van der Waals surface area (Å²) in [6.07, 6.45) is 0. The third-order valence-electron chi connectivity index (χ3n) is 3.83. The molecule has 0 saturated carbocycles. The number of nitrogens with zero attached hydrogens (tertiary/aromatic N) is 1. The first kappa shape index (κ1) is 25.0. The molecule has 1 aromatic carbocycles. The van der Waals surface area contributed by atoms with E-state index in [0.29, 0.717) is 36.1 Å². The fraction of sp³-hybridized carbons (Fsp3) is 0.556. The maximum Gasteiger partial charge on any atom is 0.387 e. The summed E-state index contributed by atoms with van der Waals surface area (Å²) in [5, 5.41) is 8.87. The molecule has 1 aromatic rings. The number of guanidine groups is 1. The van der Waals surface area contributed by atoms with Crippen LogP contribution in [0.15, 0.2) is 17.1 Å². The van der Waals surface area contributed by atoms with Gasteiger partial charge in [0.15, 0.2) is 17.5 Å². The van der Waals surface area contributed by atoms with Crippen LogP contribution < -0.4 is 30.2 Å². The standard InChI is InChI=1S/C18H26F2N4O4.HI/c1-18(2,3)15(25)22-5-6-23-17(21-4)24-9-11-7-13-14(27-10-26-13)8-12(11)28-16(19)20;/h7-8,16H,5-6,9-10H2,1-4H3,(H,22,25)(H2,21,23,24);1H. The topological polar surface area (TPSA) is 93.2 Å². The van der Waals surface area contributed by atoms with E-state index >= 15 is 0 Å². The van der Waals surface area contributed by atoms with Crippen molar-refractivity contribution in [1.29, 1.82) is 0 Å². The zero-order valence-electron chi connectivity index (χ0n) is 16.8. The third kappa shape index (κ3) is 7.71. The van der Waals surface area contributed by atoms with E-state index in [1.165, 1.54) is 6.07 Å². The third-order valence-corrected chi connectivity index (χ3v) is 3.83. The maximum absolute atomic E-state index is 12.7. The van der Waals surface area contributed by atoms with Crippen LogP contribution in [0.1, 0.15) is 26.3 Å². The highest BCUT2D eigenvalue weighted by Gasteiger charge is 2.21. The molecule has 0 aliphatic carbocycles. The van der Waals surface area contributed by atoms with Crippen molar-refractivity contribution >= 4 is 35.8 Å². The van der Waals surface area contributed by atoms with Crippen LogP contribution in [0.5, 0.6) is 17.2 Å². The summed E-state index contributed by atoms with van der Waals surface area (Å²) in [4.78, 5) is 15.9. The zero-order chi connectivity index (χ0) is 20.7. The van der Waals surface area contributed by atoms with Crippen molar-refractivity contribution in [3.05, 3.63) is 17.7 Å². The fourth-order valence-corrected chi connectivity index (χ4v) is 2.33. The van der Waals surface area contributed by atoms with Crippen molar-refractivity contribution < 1.29 is 27.8 Å². The van der Waals surface area contributed by atoms with Crippen molar-refractivity contribution in [2.24, 2.45) is 10.4 Å². The Labute approximate surface area is 185 Å². The average Bonchev–Trinajstić information content (AvgIpc) is 3.06.